The zero-order valence-corrected chi connectivity index (χ0v) is 26.0. The molecule has 3 aromatic rings. The summed E-state index contributed by atoms with van der Waals surface area (Å²) in [4.78, 5) is 32.0. The molecular formula is C35H36ClFN6O2. The van der Waals surface area contributed by atoms with E-state index in [-0.39, 0.29) is 35.6 Å². The van der Waals surface area contributed by atoms with Crippen molar-refractivity contribution in [2.24, 2.45) is 5.92 Å². The van der Waals surface area contributed by atoms with Gasteiger partial charge in [-0.15, -0.1) is 0 Å². The van der Waals surface area contributed by atoms with Crippen LogP contribution in [0, 0.1) is 18.3 Å². The lowest BCUT2D eigenvalue weighted by atomic mass is 9.93. The average Bonchev–Trinajstić information content (AvgIpc) is 3.33. The highest BCUT2D eigenvalue weighted by Gasteiger charge is 2.47. The van der Waals surface area contributed by atoms with Gasteiger partial charge in [0.25, 0.3) is 0 Å². The molecule has 1 aromatic heterocycles. The fourth-order valence-electron chi connectivity index (χ4n) is 8.65. The Morgan fingerprint density at radius 1 is 1.22 bits per heavy atom. The summed E-state index contributed by atoms with van der Waals surface area (Å²) in [6.07, 6.45) is 7.89. The van der Waals surface area contributed by atoms with E-state index in [1.54, 1.807) is 11.0 Å². The quantitative estimate of drug-likeness (QED) is 0.241. The van der Waals surface area contributed by atoms with Gasteiger partial charge in [-0.05, 0) is 92.3 Å². The van der Waals surface area contributed by atoms with E-state index < -0.39 is 5.82 Å². The van der Waals surface area contributed by atoms with Gasteiger partial charge < -0.3 is 19.4 Å². The summed E-state index contributed by atoms with van der Waals surface area (Å²) in [7, 11) is 0. The van der Waals surface area contributed by atoms with Crippen molar-refractivity contribution in [1.82, 2.24) is 19.8 Å². The summed E-state index contributed by atoms with van der Waals surface area (Å²) in [6, 6.07) is 7.69. The summed E-state index contributed by atoms with van der Waals surface area (Å²) in [6.45, 7) is 15.1. The van der Waals surface area contributed by atoms with Crippen LogP contribution >= 0.6 is 11.6 Å². The Hall–Kier alpha value is -3.74. The van der Waals surface area contributed by atoms with Gasteiger partial charge in [0, 0.05) is 30.6 Å². The van der Waals surface area contributed by atoms with E-state index >= 15 is 4.39 Å². The maximum absolute atomic E-state index is 17.0. The maximum Gasteiger partial charge on any atom is 0.319 e. The number of anilines is 1. The summed E-state index contributed by atoms with van der Waals surface area (Å²) in [5.74, 6) is 0.955. The first-order valence-corrected chi connectivity index (χ1v) is 16.5. The van der Waals surface area contributed by atoms with Crippen LogP contribution in [0.3, 0.4) is 0 Å². The summed E-state index contributed by atoms with van der Waals surface area (Å²) in [5, 5.41) is 0.817. The second kappa shape index (κ2) is 11.0. The Labute approximate surface area is 267 Å². The van der Waals surface area contributed by atoms with Gasteiger partial charge in [0.15, 0.2) is 5.82 Å². The number of carbonyl (C=O) groups is 1. The third kappa shape index (κ3) is 4.68. The molecule has 0 bridgehead atoms. The van der Waals surface area contributed by atoms with Crippen molar-refractivity contribution in [3.63, 3.8) is 0 Å². The number of fused-ring (bicyclic) bond motifs is 5. The number of halogens is 2. The van der Waals surface area contributed by atoms with Crippen LogP contribution in [-0.2, 0) is 11.2 Å². The predicted octanol–water partition coefficient (Wildman–Crippen LogP) is 5.88. The Morgan fingerprint density at radius 2 is 2.04 bits per heavy atom. The van der Waals surface area contributed by atoms with E-state index in [1.165, 1.54) is 17.2 Å². The van der Waals surface area contributed by atoms with E-state index in [1.807, 2.05) is 17.0 Å². The summed E-state index contributed by atoms with van der Waals surface area (Å²) in [5.41, 5.74) is 3.89. The molecule has 1 saturated carbocycles. The van der Waals surface area contributed by atoms with Gasteiger partial charge in [-0.25, -0.2) is 11.0 Å². The highest BCUT2D eigenvalue weighted by molar-refractivity contribution is 6.34. The van der Waals surface area contributed by atoms with Crippen molar-refractivity contribution < 1.29 is 13.9 Å². The monoisotopic (exact) mass is 626 g/mol. The number of benzene rings is 2. The molecule has 0 radical (unpaired) electrons. The van der Waals surface area contributed by atoms with Gasteiger partial charge in [0.2, 0.25) is 12.5 Å². The molecule has 232 valence electrons. The summed E-state index contributed by atoms with van der Waals surface area (Å²) < 4.78 is 23.4. The number of amides is 1. The lowest BCUT2D eigenvalue weighted by Gasteiger charge is -2.39. The molecule has 0 N–H and O–H groups in total. The van der Waals surface area contributed by atoms with Crippen molar-refractivity contribution in [3.8, 4) is 17.1 Å². The number of hydrogen-bond donors (Lipinski definition) is 0. The molecule has 5 aliphatic rings. The molecule has 3 aliphatic heterocycles. The predicted molar refractivity (Wildman–Crippen MR) is 172 cm³/mol. The number of nitrogens with zero attached hydrogens (tertiary/aromatic N) is 6. The molecule has 8 nitrogen and oxygen atoms in total. The largest absolute Gasteiger partial charge is 0.461 e. The van der Waals surface area contributed by atoms with Gasteiger partial charge in [0.05, 0.1) is 10.6 Å². The normalized spacial score (nSPS) is 24.7. The Kier molecular flexibility index (Phi) is 6.99. The topological polar surface area (TPSA) is 66.2 Å². The third-order valence-electron chi connectivity index (χ3n) is 10.9. The van der Waals surface area contributed by atoms with Gasteiger partial charge in [-0.1, -0.05) is 36.4 Å². The first kappa shape index (κ1) is 28.7. The molecule has 4 fully saturated rings. The molecule has 45 heavy (non-hydrogen) atoms. The SMILES string of the molecule is [C-]#[N+]C[C@H]1CN(c2nc(OCC34CCCN3CCC4)nc3c(F)c(-c4cccc5c4C4CC4C5)c(Cl)cc23)CCN1C(=O)C=C. The zero-order valence-electron chi connectivity index (χ0n) is 25.3. The zero-order chi connectivity index (χ0) is 30.9. The van der Waals surface area contributed by atoms with Crippen molar-refractivity contribution in [3.05, 3.63) is 70.3 Å². The molecule has 8 rings (SSSR count). The number of piperazine rings is 1. The van der Waals surface area contributed by atoms with E-state index in [9.17, 15) is 4.79 Å². The van der Waals surface area contributed by atoms with Crippen molar-refractivity contribution >= 4 is 34.2 Å². The molecule has 1 amide bonds. The molecule has 2 aliphatic carbocycles. The van der Waals surface area contributed by atoms with E-state index in [0.717, 1.165) is 57.2 Å². The van der Waals surface area contributed by atoms with E-state index in [2.05, 4.69) is 22.4 Å². The highest BCUT2D eigenvalue weighted by atomic mass is 35.5. The Morgan fingerprint density at radius 3 is 2.82 bits per heavy atom. The van der Waals surface area contributed by atoms with Crippen LogP contribution in [0.4, 0.5) is 10.2 Å². The first-order chi connectivity index (χ1) is 21.9. The van der Waals surface area contributed by atoms with Crippen LogP contribution in [0.15, 0.2) is 36.9 Å². The molecule has 3 saturated heterocycles. The van der Waals surface area contributed by atoms with Gasteiger partial charge in [0.1, 0.15) is 24.0 Å². The van der Waals surface area contributed by atoms with Crippen LogP contribution in [0.1, 0.15) is 49.1 Å². The molecular weight excluding hydrogens is 591 g/mol. The van der Waals surface area contributed by atoms with Crippen LogP contribution in [0.5, 0.6) is 6.01 Å². The van der Waals surface area contributed by atoms with Gasteiger partial charge >= 0.3 is 6.01 Å². The number of ether oxygens (including phenoxy) is 1. The molecule has 3 atom stereocenters. The molecule has 10 heteroatoms. The van der Waals surface area contributed by atoms with E-state index in [4.69, 9.17) is 32.9 Å². The molecule has 0 spiro atoms. The maximum atomic E-state index is 17.0. The molecule has 2 unspecified atom stereocenters. The fourth-order valence-corrected chi connectivity index (χ4v) is 8.94. The number of hydrogen-bond acceptors (Lipinski definition) is 6. The lowest BCUT2D eigenvalue weighted by Crippen LogP contribution is -2.56. The standard InChI is InChI=1S/C35H36ClFN6O2/c1-3-28(44)43-14-13-41(19-23(43)18-38-2)33-26-17-27(36)30(24-8-4-7-21-15-22-16-25(22)29(21)24)31(37)32(26)39-34(40-33)45-20-35-9-5-11-42(35)12-6-10-35/h3-4,7-8,17,22-23,25H,1,5-6,9-16,18-20H2/t22?,23-,25?/m0/s1. The lowest BCUT2D eigenvalue weighted by molar-refractivity contribution is -0.128. The number of aromatic nitrogens is 2. The van der Waals surface area contributed by atoms with Crippen LogP contribution < -0.4 is 9.64 Å². The fraction of sp³-hybridized carbons (Fsp3) is 0.486. The second-order valence-corrected chi connectivity index (χ2v) is 13.7. The van der Waals surface area contributed by atoms with Gasteiger partial charge in [-0.2, -0.15) is 9.97 Å². The second-order valence-electron chi connectivity index (χ2n) is 13.3. The molecule has 2 aromatic carbocycles. The minimum absolute atomic E-state index is 0.0228. The third-order valence-corrected chi connectivity index (χ3v) is 11.2. The number of rotatable bonds is 7. The van der Waals surface area contributed by atoms with Crippen LogP contribution in [-0.4, -0.2) is 83.1 Å². The van der Waals surface area contributed by atoms with Crippen molar-refractivity contribution in [1.29, 1.82) is 0 Å². The van der Waals surface area contributed by atoms with Crippen molar-refractivity contribution in [2.45, 2.75) is 56.0 Å². The Bertz CT molecular complexity index is 1760. The highest BCUT2D eigenvalue weighted by Crippen LogP contribution is 2.59. The van der Waals surface area contributed by atoms with Crippen molar-refractivity contribution in [2.75, 3.05) is 50.8 Å². The summed E-state index contributed by atoms with van der Waals surface area (Å²) >= 11 is 6.97. The smallest absolute Gasteiger partial charge is 0.319 e. The van der Waals surface area contributed by atoms with E-state index in [0.29, 0.717) is 59.9 Å². The Balaban J connectivity index is 1.23. The first-order valence-electron chi connectivity index (χ1n) is 16.1. The molecule has 4 heterocycles. The average molecular weight is 627 g/mol. The minimum atomic E-state index is -0.469. The van der Waals surface area contributed by atoms with Crippen LogP contribution in [0.25, 0.3) is 26.9 Å². The minimum Gasteiger partial charge on any atom is -0.461 e. The van der Waals surface area contributed by atoms with Crippen LogP contribution in [0.2, 0.25) is 5.02 Å². The number of carbonyl (C=O) groups excluding carboxylic acids is 1. The van der Waals surface area contributed by atoms with Gasteiger partial charge in [-0.3, -0.25) is 9.69 Å².